The number of piperidine rings is 1. The molecule has 4 heteroatoms. The van der Waals surface area contributed by atoms with Gasteiger partial charge in [-0.3, -0.25) is 4.79 Å². The molecule has 0 bridgehead atoms. The summed E-state index contributed by atoms with van der Waals surface area (Å²) in [5.41, 5.74) is 5.95. The van der Waals surface area contributed by atoms with Crippen LogP contribution in [-0.4, -0.2) is 55.5 Å². The molecule has 1 rings (SSSR count). The lowest BCUT2D eigenvalue weighted by Crippen LogP contribution is -2.47. The molecule has 1 atom stereocenters. The third-order valence-electron chi connectivity index (χ3n) is 3.74. The van der Waals surface area contributed by atoms with Crippen LogP contribution in [0, 0.1) is 5.92 Å². The van der Waals surface area contributed by atoms with E-state index < -0.39 is 0 Å². The van der Waals surface area contributed by atoms with Gasteiger partial charge in [-0.05, 0) is 39.3 Å². The molecule has 1 aliphatic rings. The molecule has 1 saturated heterocycles. The first-order valence-corrected chi connectivity index (χ1v) is 7.23. The molecule has 106 valence electrons. The molecular weight excluding hydrogens is 226 g/mol. The topological polar surface area (TPSA) is 49.6 Å². The van der Waals surface area contributed by atoms with Crippen molar-refractivity contribution in [1.29, 1.82) is 0 Å². The second-order valence-corrected chi connectivity index (χ2v) is 5.78. The summed E-state index contributed by atoms with van der Waals surface area (Å²) in [6, 6.07) is -0.282. The summed E-state index contributed by atoms with van der Waals surface area (Å²) in [4.78, 5) is 16.3. The van der Waals surface area contributed by atoms with Gasteiger partial charge in [0.05, 0.1) is 6.04 Å². The molecule has 2 N–H and O–H groups in total. The van der Waals surface area contributed by atoms with E-state index in [2.05, 4.69) is 25.9 Å². The second-order valence-electron chi connectivity index (χ2n) is 5.78. The van der Waals surface area contributed by atoms with Crippen LogP contribution in [0.2, 0.25) is 0 Å². The summed E-state index contributed by atoms with van der Waals surface area (Å²) in [7, 11) is 4.22. The fourth-order valence-electron chi connectivity index (χ4n) is 2.63. The average Bonchev–Trinajstić information content (AvgIpc) is 2.35. The standard InChI is InChI=1S/C14H29N3O/c1-4-5-6-13(15)14(18)17-9-7-12(8-10-17)11-16(2)3/h12-13H,4-11,15H2,1-3H3. The smallest absolute Gasteiger partial charge is 0.239 e. The van der Waals surface area contributed by atoms with E-state index in [1.54, 1.807) is 0 Å². The number of rotatable bonds is 6. The van der Waals surface area contributed by atoms with Gasteiger partial charge in [0.2, 0.25) is 5.91 Å². The molecule has 0 aromatic heterocycles. The molecular formula is C14H29N3O. The van der Waals surface area contributed by atoms with Gasteiger partial charge < -0.3 is 15.5 Å². The zero-order chi connectivity index (χ0) is 13.5. The summed E-state index contributed by atoms with van der Waals surface area (Å²) in [5, 5.41) is 0. The maximum atomic E-state index is 12.1. The lowest BCUT2D eigenvalue weighted by molar-refractivity contribution is -0.134. The van der Waals surface area contributed by atoms with E-state index in [-0.39, 0.29) is 11.9 Å². The Balaban J connectivity index is 2.31. The SMILES string of the molecule is CCCCC(N)C(=O)N1CCC(CN(C)C)CC1. The van der Waals surface area contributed by atoms with Crippen molar-refractivity contribution in [3.05, 3.63) is 0 Å². The van der Waals surface area contributed by atoms with Gasteiger partial charge in [-0.25, -0.2) is 0 Å². The van der Waals surface area contributed by atoms with E-state index in [1.165, 1.54) is 0 Å². The molecule has 18 heavy (non-hydrogen) atoms. The highest BCUT2D eigenvalue weighted by Gasteiger charge is 2.26. The molecule has 0 aromatic carbocycles. The highest BCUT2D eigenvalue weighted by molar-refractivity contribution is 5.81. The fraction of sp³-hybridized carbons (Fsp3) is 0.929. The zero-order valence-corrected chi connectivity index (χ0v) is 12.2. The molecule has 0 aromatic rings. The lowest BCUT2D eigenvalue weighted by Gasteiger charge is -2.34. The molecule has 0 radical (unpaired) electrons. The van der Waals surface area contributed by atoms with Gasteiger partial charge in [-0.2, -0.15) is 0 Å². The van der Waals surface area contributed by atoms with Crippen LogP contribution in [0.15, 0.2) is 0 Å². The Hall–Kier alpha value is -0.610. The third kappa shape index (κ3) is 4.94. The van der Waals surface area contributed by atoms with Crippen molar-refractivity contribution in [2.24, 2.45) is 11.7 Å². The third-order valence-corrected chi connectivity index (χ3v) is 3.74. The Morgan fingerprint density at radius 1 is 1.39 bits per heavy atom. The van der Waals surface area contributed by atoms with Gasteiger partial charge in [0.25, 0.3) is 0 Å². The van der Waals surface area contributed by atoms with E-state index in [0.29, 0.717) is 0 Å². The highest BCUT2D eigenvalue weighted by Crippen LogP contribution is 2.18. The summed E-state index contributed by atoms with van der Waals surface area (Å²) < 4.78 is 0. The molecule has 1 amide bonds. The summed E-state index contributed by atoms with van der Waals surface area (Å²) in [6.07, 6.45) is 5.21. The largest absolute Gasteiger partial charge is 0.341 e. The maximum Gasteiger partial charge on any atom is 0.239 e. The first kappa shape index (κ1) is 15.4. The number of carbonyl (C=O) groups excluding carboxylic acids is 1. The summed E-state index contributed by atoms with van der Waals surface area (Å²) in [6.45, 7) is 5.03. The Morgan fingerprint density at radius 2 is 2.00 bits per heavy atom. The van der Waals surface area contributed by atoms with Gasteiger partial charge in [0.15, 0.2) is 0 Å². The van der Waals surface area contributed by atoms with E-state index in [0.717, 1.165) is 57.7 Å². The highest BCUT2D eigenvalue weighted by atomic mass is 16.2. The van der Waals surface area contributed by atoms with Crippen LogP contribution in [0.25, 0.3) is 0 Å². The molecule has 1 unspecified atom stereocenters. The number of likely N-dealkylation sites (tertiary alicyclic amines) is 1. The van der Waals surface area contributed by atoms with E-state index in [4.69, 9.17) is 5.73 Å². The van der Waals surface area contributed by atoms with Crippen LogP contribution in [0.4, 0.5) is 0 Å². The van der Waals surface area contributed by atoms with Crippen LogP contribution in [0.5, 0.6) is 0 Å². The Labute approximate surface area is 111 Å². The van der Waals surface area contributed by atoms with Crippen LogP contribution in [-0.2, 0) is 4.79 Å². The number of unbranched alkanes of at least 4 members (excludes halogenated alkanes) is 1. The van der Waals surface area contributed by atoms with Crippen molar-refractivity contribution < 1.29 is 4.79 Å². The molecule has 0 spiro atoms. The van der Waals surface area contributed by atoms with Crippen molar-refractivity contribution in [2.45, 2.75) is 45.1 Å². The van der Waals surface area contributed by atoms with Gasteiger partial charge in [0.1, 0.15) is 0 Å². The molecule has 0 saturated carbocycles. The number of nitrogens with zero attached hydrogens (tertiary/aromatic N) is 2. The van der Waals surface area contributed by atoms with Crippen molar-refractivity contribution in [1.82, 2.24) is 9.80 Å². The van der Waals surface area contributed by atoms with Crippen LogP contribution < -0.4 is 5.73 Å². The molecule has 1 fully saturated rings. The van der Waals surface area contributed by atoms with Crippen molar-refractivity contribution in [2.75, 3.05) is 33.7 Å². The monoisotopic (exact) mass is 255 g/mol. The summed E-state index contributed by atoms with van der Waals surface area (Å²) in [5.74, 6) is 0.891. The molecule has 1 heterocycles. The van der Waals surface area contributed by atoms with Gasteiger partial charge in [-0.1, -0.05) is 19.8 Å². The predicted octanol–water partition coefficient (Wildman–Crippen LogP) is 1.30. The maximum absolute atomic E-state index is 12.1. The van der Waals surface area contributed by atoms with Crippen molar-refractivity contribution >= 4 is 5.91 Å². The predicted molar refractivity (Wildman–Crippen MR) is 75.4 cm³/mol. The number of hydrogen-bond acceptors (Lipinski definition) is 3. The quantitative estimate of drug-likeness (QED) is 0.778. The number of carbonyl (C=O) groups is 1. The molecule has 1 aliphatic heterocycles. The Kier molecular flexibility index (Phi) is 6.65. The summed E-state index contributed by atoms with van der Waals surface area (Å²) >= 11 is 0. The number of amides is 1. The van der Waals surface area contributed by atoms with E-state index in [1.807, 2.05) is 4.90 Å². The normalized spacial score (nSPS) is 19.3. The first-order chi connectivity index (χ1) is 8.54. The number of hydrogen-bond donors (Lipinski definition) is 1. The Bertz CT molecular complexity index is 247. The Morgan fingerprint density at radius 3 is 2.50 bits per heavy atom. The van der Waals surface area contributed by atoms with Crippen molar-refractivity contribution in [3.8, 4) is 0 Å². The first-order valence-electron chi connectivity index (χ1n) is 7.23. The number of nitrogens with two attached hydrogens (primary N) is 1. The van der Waals surface area contributed by atoms with Crippen LogP contribution in [0.3, 0.4) is 0 Å². The molecule has 4 nitrogen and oxygen atoms in total. The lowest BCUT2D eigenvalue weighted by atomic mass is 9.95. The van der Waals surface area contributed by atoms with Crippen LogP contribution >= 0.6 is 0 Å². The van der Waals surface area contributed by atoms with Gasteiger partial charge in [-0.15, -0.1) is 0 Å². The van der Waals surface area contributed by atoms with Crippen LogP contribution in [0.1, 0.15) is 39.0 Å². The van der Waals surface area contributed by atoms with Gasteiger partial charge in [0, 0.05) is 19.6 Å². The minimum Gasteiger partial charge on any atom is -0.341 e. The zero-order valence-electron chi connectivity index (χ0n) is 12.2. The minimum atomic E-state index is -0.282. The average molecular weight is 255 g/mol. The van der Waals surface area contributed by atoms with E-state index >= 15 is 0 Å². The fourth-order valence-corrected chi connectivity index (χ4v) is 2.63. The van der Waals surface area contributed by atoms with E-state index in [9.17, 15) is 4.79 Å². The van der Waals surface area contributed by atoms with Crippen molar-refractivity contribution in [3.63, 3.8) is 0 Å². The van der Waals surface area contributed by atoms with Gasteiger partial charge >= 0.3 is 0 Å². The molecule has 0 aliphatic carbocycles. The minimum absolute atomic E-state index is 0.159. The second kappa shape index (κ2) is 7.74.